The summed E-state index contributed by atoms with van der Waals surface area (Å²) in [4.78, 5) is 55.8. The van der Waals surface area contributed by atoms with Crippen LogP contribution in [0, 0.1) is 5.92 Å². The first kappa shape index (κ1) is 39.4. The fourth-order valence-corrected chi connectivity index (χ4v) is 10.8. The number of nitrogens with zero attached hydrogens (tertiary/aromatic N) is 4. The van der Waals surface area contributed by atoms with Gasteiger partial charge in [-0.15, -0.1) is 5.10 Å². The lowest BCUT2D eigenvalue weighted by molar-refractivity contribution is -0.145. The van der Waals surface area contributed by atoms with Gasteiger partial charge in [-0.1, -0.05) is 67.6 Å². The number of sulfone groups is 1. The summed E-state index contributed by atoms with van der Waals surface area (Å²) < 4.78 is 56.8. The second-order valence-corrected chi connectivity index (χ2v) is 19.4. The van der Waals surface area contributed by atoms with Crippen molar-refractivity contribution in [2.75, 3.05) is 18.1 Å². The van der Waals surface area contributed by atoms with Crippen molar-refractivity contribution < 1.29 is 41.1 Å². The molecule has 1 aliphatic carbocycles. The largest absolute Gasteiger partial charge is 0.384 e. The zero-order valence-corrected chi connectivity index (χ0v) is 31.9. The summed E-state index contributed by atoms with van der Waals surface area (Å²) in [6, 6.07) is 8.63. The first-order valence-electron chi connectivity index (χ1n) is 18.2. The number of hydrogen-bond acceptors (Lipinski definition) is 11. The Morgan fingerprint density at radius 3 is 2.35 bits per heavy atom. The predicted molar refractivity (Wildman–Crippen MR) is 197 cm³/mol. The van der Waals surface area contributed by atoms with E-state index in [9.17, 15) is 41.1 Å². The number of carbonyl (C=O) groups excluding carboxylic acids is 4. The Kier molecular flexibility index (Phi) is 11.0. The number of aliphatic hydroxyl groups is 1. The molecule has 0 radical (unpaired) electrons. The van der Waals surface area contributed by atoms with E-state index in [1.807, 2.05) is 12.1 Å². The third-order valence-electron chi connectivity index (χ3n) is 11.0. The quantitative estimate of drug-likeness (QED) is 0.191. The van der Waals surface area contributed by atoms with Gasteiger partial charge < -0.3 is 21.1 Å². The van der Waals surface area contributed by atoms with Gasteiger partial charge in [0.25, 0.3) is 5.91 Å². The van der Waals surface area contributed by atoms with Gasteiger partial charge in [-0.2, -0.15) is 4.72 Å². The Labute approximate surface area is 314 Å². The molecule has 1 saturated carbocycles. The number of ketones is 1. The zero-order valence-electron chi connectivity index (χ0n) is 30.3. The summed E-state index contributed by atoms with van der Waals surface area (Å²) >= 11 is 0. The number of nitrogens with two attached hydrogens (primary N) is 1. The molecule has 3 atom stereocenters. The molecule has 5 N–H and O–H groups in total. The Balaban J connectivity index is 1.37. The Morgan fingerprint density at radius 2 is 1.70 bits per heavy atom. The number of amides is 3. The first-order chi connectivity index (χ1) is 25.4. The Bertz CT molecular complexity index is 2140. The molecule has 3 amide bonds. The molecule has 3 fully saturated rings. The van der Waals surface area contributed by atoms with E-state index in [2.05, 4.69) is 20.4 Å². The second-order valence-electron chi connectivity index (χ2n) is 15.4. The minimum atomic E-state index is -4.27. The lowest BCUT2D eigenvalue weighted by atomic mass is 9.84. The molecule has 3 heterocycles. The van der Waals surface area contributed by atoms with E-state index in [0.717, 1.165) is 37.5 Å². The van der Waals surface area contributed by atoms with Crippen molar-refractivity contribution >= 4 is 54.1 Å². The summed E-state index contributed by atoms with van der Waals surface area (Å²) in [6.45, 7) is 2.91. The average Bonchev–Trinajstić information content (AvgIpc) is 3.81. The Hall–Kier alpha value is -4.26. The first-order valence-corrected chi connectivity index (χ1v) is 21.5. The third kappa shape index (κ3) is 8.35. The van der Waals surface area contributed by atoms with Crippen molar-refractivity contribution in [2.24, 2.45) is 11.7 Å². The molecule has 3 aliphatic rings. The van der Waals surface area contributed by atoms with Gasteiger partial charge in [0.1, 0.15) is 23.2 Å². The fraction of sp³-hybridized carbons (Fsp3) is 0.556. The molecule has 292 valence electrons. The SMILES string of the molecule is CC(C)(O)c1cnnn1[C@H]1C[C@@H](C(=O)NC2(C(=O)C(N)=O)CCS(=O)(=O)CC2)N(C(=O)[C@@H](CC2CCCCC2)NS(=O)(=O)c2ccc3ccccc3c2)C1. The van der Waals surface area contributed by atoms with Gasteiger partial charge in [0, 0.05) is 13.0 Å². The van der Waals surface area contributed by atoms with Crippen LogP contribution in [0.3, 0.4) is 0 Å². The molecular formula is C36H47N7O9S2. The topological polar surface area (TPSA) is 241 Å². The highest BCUT2D eigenvalue weighted by atomic mass is 32.2. The molecule has 18 heteroatoms. The van der Waals surface area contributed by atoms with Gasteiger partial charge in [0.2, 0.25) is 27.6 Å². The normalized spacial score (nSPS) is 22.5. The second kappa shape index (κ2) is 15.1. The monoisotopic (exact) mass is 785 g/mol. The molecule has 16 nitrogen and oxygen atoms in total. The van der Waals surface area contributed by atoms with Gasteiger partial charge in [-0.25, -0.2) is 21.5 Å². The molecule has 0 spiro atoms. The molecule has 3 aromatic rings. The number of benzene rings is 2. The predicted octanol–water partition coefficient (Wildman–Crippen LogP) is 1.24. The number of likely N-dealkylation sites (tertiary alicyclic amines) is 1. The van der Waals surface area contributed by atoms with E-state index in [-0.39, 0.29) is 30.2 Å². The summed E-state index contributed by atoms with van der Waals surface area (Å²) in [5.74, 6) is -4.96. The number of primary amides is 1. The number of rotatable bonds is 12. The Morgan fingerprint density at radius 1 is 1.04 bits per heavy atom. The van der Waals surface area contributed by atoms with Crippen LogP contribution in [-0.4, -0.2) is 101 Å². The van der Waals surface area contributed by atoms with E-state index in [1.165, 1.54) is 41.8 Å². The van der Waals surface area contributed by atoms with E-state index in [1.54, 1.807) is 18.2 Å². The minimum absolute atomic E-state index is 0.0235. The van der Waals surface area contributed by atoms with Crippen molar-refractivity contribution in [1.82, 2.24) is 29.9 Å². The highest BCUT2D eigenvalue weighted by molar-refractivity contribution is 7.91. The van der Waals surface area contributed by atoms with Crippen molar-refractivity contribution in [3.63, 3.8) is 0 Å². The highest BCUT2D eigenvalue weighted by Crippen LogP contribution is 2.35. The van der Waals surface area contributed by atoms with Gasteiger partial charge in [-0.05, 0) is 61.9 Å². The zero-order chi connectivity index (χ0) is 39.1. The molecule has 2 saturated heterocycles. The minimum Gasteiger partial charge on any atom is -0.384 e. The smallest absolute Gasteiger partial charge is 0.287 e. The van der Waals surface area contributed by atoms with Crippen LogP contribution in [0.25, 0.3) is 10.8 Å². The maximum absolute atomic E-state index is 14.9. The number of nitrogens with one attached hydrogen (secondary N) is 2. The summed E-state index contributed by atoms with van der Waals surface area (Å²) in [5.41, 5.74) is 2.33. The van der Waals surface area contributed by atoms with E-state index in [4.69, 9.17) is 5.73 Å². The maximum Gasteiger partial charge on any atom is 0.287 e. The van der Waals surface area contributed by atoms with Crippen LogP contribution in [0.15, 0.2) is 53.6 Å². The van der Waals surface area contributed by atoms with Crippen molar-refractivity contribution in [3.05, 3.63) is 54.4 Å². The highest BCUT2D eigenvalue weighted by Gasteiger charge is 2.51. The molecule has 2 aromatic carbocycles. The molecule has 6 rings (SSSR count). The summed E-state index contributed by atoms with van der Waals surface area (Å²) in [6.07, 6.45) is 5.14. The average molecular weight is 786 g/mol. The standard InChI is InChI=1S/C36H47N7O9S2/c1-35(2,48)30-21-38-41-43(30)26-20-29(33(46)39-36(31(44)32(37)45)14-16-53(49,50)17-15-36)42(22-26)34(47)28(18-23-8-4-3-5-9-23)40-54(51,52)27-13-12-24-10-6-7-11-25(24)19-27/h6-7,10-13,19,21,23,26,28-29,40,48H,3-5,8-9,14-18,20,22H2,1-2H3,(H2,37,45)(H,39,46)/t26-,28+,29-/m0/s1. The van der Waals surface area contributed by atoms with Crippen LogP contribution in [0.1, 0.15) is 83.4 Å². The number of aromatic nitrogens is 3. The molecule has 54 heavy (non-hydrogen) atoms. The van der Waals surface area contributed by atoms with Crippen molar-refractivity contribution in [1.29, 1.82) is 0 Å². The fourth-order valence-electron chi connectivity index (χ4n) is 8.03. The van der Waals surface area contributed by atoms with Crippen LogP contribution in [0.5, 0.6) is 0 Å². The van der Waals surface area contributed by atoms with Crippen LogP contribution >= 0.6 is 0 Å². The van der Waals surface area contributed by atoms with Crippen LogP contribution in [0.2, 0.25) is 0 Å². The summed E-state index contributed by atoms with van der Waals surface area (Å²) in [7, 11) is -7.83. The van der Waals surface area contributed by atoms with Gasteiger partial charge in [0.05, 0.1) is 34.3 Å². The summed E-state index contributed by atoms with van der Waals surface area (Å²) in [5, 5.41) is 23.1. The van der Waals surface area contributed by atoms with E-state index in [0.29, 0.717) is 11.1 Å². The lowest BCUT2D eigenvalue weighted by Gasteiger charge is -2.37. The van der Waals surface area contributed by atoms with Crippen LogP contribution < -0.4 is 15.8 Å². The number of Topliss-reactive ketones (excluding diaryl/α,β-unsaturated/α-hetero) is 1. The third-order valence-corrected chi connectivity index (χ3v) is 14.2. The number of carbonyl (C=O) groups is 4. The van der Waals surface area contributed by atoms with Gasteiger partial charge >= 0.3 is 0 Å². The van der Waals surface area contributed by atoms with E-state index >= 15 is 0 Å². The van der Waals surface area contributed by atoms with Crippen LogP contribution in [-0.2, 0) is 44.6 Å². The lowest BCUT2D eigenvalue weighted by Crippen LogP contribution is -2.64. The maximum atomic E-state index is 14.9. The van der Waals surface area contributed by atoms with E-state index < -0.39 is 97.0 Å². The molecule has 1 aromatic heterocycles. The molecule has 0 unspecified atom stereocenters. The molecule has 0 bridgehead atoms. The van der Waals surface area contributed by atoms with Crippen molar-refractivity contribution in [2.45, 2.75) is 106 Å². The van der Waals surface area contributed by atoms with Gasteiger partial charge in [0.15, 0.2) is 9.84 Å². The number of fused-ring (bicyclic) bond motifs is 1. The number of hydrogen-bond donors (Lipinski definition) is 4. The molecule has 2 aliphatic heterocycles. The molecular weight excluding hydrogens is 739 g/mol. The van der Waals surface area contributed by atoms with Crippen LogP contribution in [0.4, 0.5) is 0 Å². The van der Waals surface area contributed by atoms with Crippen molar-refractivity contribution in [3.8, 4) is 0 Å². The number of sulfonamides is 1. The van der Waals surface area contributed by atoms with Gasteiger partial charge in [-0.3, -0.25) is 19.2 Å².